The molecule has 0 bridgehead atoms. The maximum absolute atomic E-state index is 11.4. The summed E-state index contributed by atoms with van der Waals surface area (Å²) in [6.07, 6.45) is 2.51. The summed E-state index contributed by atoms with van der Waals surface area (Å²) in [6.45, 7) is 4.61. The Balaban J connectivity index is 2.46. The number of nitrogens with one attached hydrogen (secondary N) is 1. The third-order valence-electron chi connectivity index (χ3n) is 1.88. The molecular weight excluding hydrogens is 272 g/mol. The molecule has 1 N–H and O–H groups in total. The Bertz CT molecular complexity index is 369. The van der Waals surface area contributed by atoms with Crippen LogP contribution < -0.4 is 5.32 Å². The Morgan fingerprint density at radius 3 is 3.00 bits per heavy atom. The van der Waals surface area contributed by atoms with E-state index in [1.807, 2.05) is 19.9 Å². The molecule has 0 unspecified atom stereocenters. The number of aryl methyl sites for hydroxylation is 1. The van der Waals surface area contributed by atoms with Gasteiger partial charge in [-0.15, -0.1) is 0 Å². The molecule has 1 amide bonds. The first-order chi connectivity index (χ1) is 7.63. The van der Waals surface area contributed by atoms with Crippen molar-refractivity contribution in [3.63, 3.8) is 0 Å². The zero-order chi connectivity index (χ0) is 12.0. The SMILES string of the molecule is CCCOCC(=O)Nc1cnc(Br)c(C)c1. The van der Waals surface area contributed by atoms with Gasteiger partial charge in [0, 0.05) is 6.61 Å². The second-order valence-corrected chi connectivity index (χ2v) is 4.18. The van der Waals surface area contributed by atoms with Crippen molar-refractivity contribution < 1.29 is 9.53 Å². The summed E-state index contributed by atoms with van der Waals surface area (Å²) in [5, 5.41) is 2.72. The van der Waals surface area contributed by atoms with E-state index in [-0.39, 0.29) is 12.5 Å². The molecule has 1 aromatic rings. The molecule has 88 valence electrons. The number of ether oxygens (including phenoxy) is 1. The number of carbonyl (C=O) groups excluding carboxylic acids is 1. The Morgan fingerprint density at radius 2 is 2.38 bits per heavy atom. The summed E-state index contributed by atoms with van der Waals surface area (Å²) in [7, 11) is 0. The van der Waals surface area contributed by atoms with Gasteiger partial charge in [-0.2, -0.15) is 0 Å². The van der Waals surface area contributed by atoms with E-state index >= 15 is 0 Å². The molecule has 0 saturated carbocycles. The number of hydrogen-bond acceptors (Lipinski definition) is 3. The average molecular weight is 287 g/mol. The summed E-state index contributed by atoms with van der Waals surface area (Å²) in [5.74, 6) is -0.156. The van der Waals surface area contributed by atoms with E-state index < -0.39 is 0 Å². The standard InChI is InChI=1S/C11H15BrN2O2/c1-3-4-16-7-10(15)14-9-5-8(2)11(12)13-6-9/h5-6H,3-4,7H2,1-2H3,(H,14,15). The van der Waals surface area contributed by atoms with Crippen LogP contribution in [0.2, 0.25) is 0 Å². The largest absolute Gasteiger partial charge is 0.372 e. The number of halogens is 1. The predicted octanol–water partition coefficient (Wildman–Crippen LogP) is 2.52. The van der Waals surface area contributed by atoms with Crippen LogP contribution in [0.3, 0.4) is 0 Å². The van der Waals surface area contributed by atoms with Crippen molar-refractivity contribution >= 4 is 27.5 Å². The van der Waals surface area contributed by atoms with Crippen LogP contribution in [0.4, 0.5) is 5.69 Å². The van der Waals surface area contributed by atoms with E-state index in [2.05, 4.69) is 26.2 Å². The van der Waals surface area contributed by atoms with Crippen LogP contribution in [0, 0.1) is 6.92 Å². The number of carbonyl (C=O) groups is 1. The number of rotatable bonds is 5. The number of amides is 1. The van der Waals surface area contributed by atoms with Crippen molar-refractivity contribution in [2.75, 3.05) is 18.5 Å². The zero-order valence-corrected chi connectivity index (χ0v) is 11.0. The lowest BCUT2D eigenvalue weighted by atomic mass is 10.3. The van der Waals surface area contributed by atoms with Crippen molar-refractivity contribution in [3.8, 4) is 0 Å². The molecular formula is C11H15BrN2O2. The van der Waals surface area contributed by atoms with E-state index in [1.54, 1.807) is 6.20 Å². The van der Waals surface area contributed by atoms with Crippen LogP contribution in [-0.2, 0) is 9.53 Å². The maximum Gasteiger partial charge on any atom is 0.250 e. The van der Waals surface area contributed by atoms with E-state index in [9.17, 15) is 4.79 Å². The topological polar surface area (TPSA) is 51.2 Å². The minimum Gasteiger partial charge on any atom is -0.372 e. The first kappa shape index (κ1) is 13.1. The highest BCUT2D eigenvalue weighted by Crippen LogP contribution is 2.16. The van der Waals surface area contributed by atoms with Crippen molar-refractivity contribution in [1.29, 1.82) is 0 Å². The van der Waals surface area contributed by atoms with Gasteiger partial charge >= 0.3 is 0 Å². The van der Waals surface area contributed by atoms with Crippen molar-refractivity contribution in [2.45, 2.75) is 20.3 Å². The third kappa shape index (κ3) is 4.28. The van der Waals surface area contributed by atoms with Gasteiger partial charge in [0.05, 0.1) is 11.9 Å². The van der Waals surface area contributed by atoms with Crippen molar-refractivity contribution in [3.05, 3.63) is 22.4 Å². The number of hydrogen-bond donors (Lipinski definition) is 1. The van der Waals surface area contributed by atoms with Gasteiger partial charge in [0.25, 0.3) is 0 Å². The fourth-order valence-electron chi connectivity index (χ4n) is 1.13. The molecule has 4 nitrogen and oxygen atoms in total. The van der Waals surface area contributed by atoms with Crippen LogP contribution in [0.1, 0.15) is 18.9 Å². The second kappa shape index (κ2) is 6.60. The van der Waals surface area contributed by atoms with Gasteiger partial charge in [-0.25, -0.2) is 4.98 Å². The zero-order valence-electron chi connectivity index (χ0n) is 9.42. The number of pyridine rings is 1. The summed E-state index contributed by atoms with van der Waals surface area (Å²) >= 11 is 3.30. The van der Waals surface area contributed by atoms with Crippen LogP contribution >= 0.6 is 15.9 Å². The molecule has 0 spiro atoms. The quantitative estimate of drug-likeness (QED) is 0.668. The van der Waals surface area contributed by atoms with Crippen LogP contribution in [0.25, 0.3) is 0 Å². The fourth-order valence-corrected chi connectivity index (χ4v) is 1.35. The normalized spacial score (nSPS) is 10.2. The number of nitrogens with zero attached hydrogens (tertiary/aromatic N) is 1. The summed E-state index contributed by atoms with van der Waals surface area (Å²) in [6, 6.07) is 1.86. The van der Waals surface area contributed by atoms with Gasteiger partial charge in [-0.05, 0) is 40.9 Å². The molecule has 1 heterocycles. The van der Waals surface area contributed by atoms with Crippen molar-refractivity contribution in [1.82, 2.24) is 4.98 Å². The van der Waals surface area contributed by atoms with E-state index in [0.29, 0.717) is 12.3 Å². The van der Waals surface area contributed by atoms with Crippen molar-refractivity contribution in [2.24, 2.45) is 0 Å². The van der Waals surface area contributed by atoms with E-state index in [1.165, 1.54) is 0 Å². The molecule has 1 rings (SSSR count). The monoisotopic (exact) mass is 286 g/mol. The first-order valence-corrected chi connectivity index (χ1v) is 5.92. The molecule has 0 aliphatic rings. The Morgan fingerprint density at radius 1 is 1.62 bits per heavy atom. The molecule has 0 aromatic carbocycles. The van der Waals surface area contributed by atoms with Crippen LogP contribution in [0.5, 0.6) is 0 Å². The van der Waals surface area contributed by atoms with Gasteiger partial charge in [-0.3, -0.25) is 4.79 Å². The Labute approximate surface area is 104 Å². The molecule has 0 aliphatic heterocycles. The highest BCUT2D eigenvalue weighted by atomic mass is 79.9. The van der Waals surface area contributed by atoms with E-state index in [0.717, 1.165) is 16.6 Å². The fraction of sp³-hybridized carbons (Fsp3) is 0.455. The molecule has 1 aromatic heterocycles. The number of aromatic nitrogens is 1. The third-order valence-corrected chi connectivity index (χ3v) is 2.71. The molecule has 5 heteroatoms. The minimum atomic E-state index is -0.156. The van der Waals surface area contributed by atoms with Gasteiger partial charge < -0.3 is 10.1 Å². The molecule has 0 fully saturated rings. The average Bonchev–Trinajstić information content (AvgIpc) is 2.24. The summed E-state index contributed by atoms with van der Waals surface area (Å²) in [4.78, 5) is 15.5. The molecule has 0 radical (unpaired) electrons. The summed E-state index contributed by atoms with van der Waals surface area (Å²) < 4.78 is 5.91. The first-order valence-electron chi connectivity index (χ1n) is 5.13. The Hall–Kier alpha value is -0.940. The van der Waals surface area contributed by atoms with E-state index in [4.69, 9.17) is 4.74 Å². The lowest BCUT2D eigenvalue weighted by molar-refractivity contribution is -0.120. The van der Waals surface area contributed by atoms with Gasteiger partial charge in [0.1, 0.15) is 11.2 Å². The predicted molar refractivity (Wildman–Crippen MR) is 66.4 cm³/mol. The highest BCUT2D eigenvalue weighted by molar-refractivity contribution is 9.10. The van der Waals surface area contributed by atoms with Crippen LogP contribution in [0.15, 0.2) is 16.9 Å². The Kier molecular flexibility index (Phi) is 5.42. The van der Waals surface area contributed by atoms with Gasteiger partial charge in [0.2, 0.25) is 5.91 Å². The van der Waals surface area contributed by atoms with Gasteiger partial charge in [0.15, 0.2) is 0 Å². The molecule has 0 aliphatic carbocycles. The second-order valence-electron chi connectivity index (χ2n) is 3.43. The lowest BCUT2D eigenvalue weighted by Gasteiger charge is -2.06. The smallest absolute Gasteiger partial charge is 0.250 e. The molecule has 0 saturated heterocycles. The molecule has 16 heavy (non-hydrogen) atoms. The minimum absolute atomic E-state index is 0.0863. The number of anilines is 1. The van der Waals surface area contributed by atoms with Crippen LogP contribution in [-0.4, -0.2) is 24.1 Å². The van der Waals surface area contributed by atoms with Gasteiger partial charge in [-0.1, -0.05) is 6.92 Å². The molecule has 0 atom stereocenters. The maximum atomic E-state index is 11.4. The summed E-state index contributed by atoms with van der Waals surface area (Å²) in [5.41, 5.74) is 1.66. The highest BCUT2D eigenvalue weighted by Gasteiger charge is 2.04. The lowest BCUT2D eigenvalue weighted by Crippen LogP contribution is -2.18.